The van der Waals surface area contributed by atoms with Gasteiger partial charge in [-0.05, 0) is 93.4 Å². The number of carbonyl (C=O) groups is 1. The normalized spacial score (nSPS) is 32.5. The van der Waals surface area contributed by atoms with Gasteiger partial charge in [0, 0.05) is 12.6 Å². The van der Waals surface area contributed by atoms with Crippen molar-refractivity contribution in [2.45, 2.75) is 58.0 Å². The van der Waals surface area contributed by atoms with E-state index in [1.54, 1.807) is 7.11 Å². The van der Waals surface area contributed by atoms with Gasteiger partial charge in [-0.15, -0.1) is 0 Å². The Hall–Kier alpha value is -1.55. The quantitative estimate of drug-likeness (QED) is 0.793. The van der Waals surface area contributed by atoms with Gasteiger partial charge in [-0.1, -0.05) is 12.1 Å². The minimum absolute atomic E-state index is 0.161. The lowest BCUT2D eigenvalue weighted by molar-refractivity contribution is -0.126. The largest absolute Gasteiger partial charge is 0.497 e. The Labute approximate surface area is 163 Å². The second kappa shape index (κ2) is 7.46. The van der Waals surface area contributed by atoms with Crippen molar-refractivity contribution in [2.75, 3.05) is 20.7 Å². The van der Waals surface area contributed by atoms with Crippen LogP contribution < -0.4 is 10.1 Å². The third kappa shape index (κ3) is 4.01. The molecule has 0 aromatic heterocycles. The van der Waals surface area contributed by atoms with Gasteiger partial charge in [-0.3, -0.25) is 9.69 Å². The minimum Gasteiger partial charge on any atom is -0.497 e. The average molecular weight is 371 g/mol. The Morgan fingerprint density at radius 1 is 1.15 bits per heavy atom. The highest BCUT2D eigenvalue weighted by Crippen LogP contribution is 2.61. The SMILES string of the molecule is COc1ccc(CN(C)CC(=O)N[C@H](C)C23CC4CC(CC(C4)C2)C3)cc1. The summed E-state index contributed by atoms with van der Waals surface area (Å²) in [6, 6.07) is 8.36. The molecule has 27 heavy (non-hydrogen) atoms. The number of ether oxygens (including phenoxy) is 1. The van der Waals surface area contributed by atoms with Crippen LogP contribution in [0.5, 0.6) is 5.75 Å². The van der Waals surface area contributed by atoms with E-state index in [0.29, 0.717) is 18.0 Å². The zero-order valence-electron chi connectivity index (χ0n) is 17.0. The summed E-state index contributed by atoms with van der Waals surface area (Å²) in [5.74, 6) is 3.80. The molecule has 1 aromatic carbocycles. The maximum absolute atomic E-state index is 12.7. The van der Waals surface area contributed by atoms with Crippen molar-refractivity contribution in [3.63, 3.8) is 0 Å². The summed E-state index contributed by atoms with van der Waals surface area (Å²) in [5.41, 5.74) is 1.57. The molecule has 4 bridgehead atoms. The van der Waals surface area contributed by atoms with Gasteiger partial charge in [0.15, 0.2) is 0 Å². The molecule has 4 heteroatoms. The third-order valence-electron chi connectivity index (χ3n) is 7.41. The van der Waals surface area contributed by atoms with Crippen LogP contribution in [0, 0.1) is 23.2 Å². The highest BCUT2D eigenvalue weighted by Gasteiger charge is 2.53. The van der Waals surface area contributed by atoms with E-state index >= 15 is 0 Å². The molecule has 148 valence electrons. The van der Waals surface area contributed by atoms with Crippen molar-refractivity contribution in [2.24, 2.45) is 23.2 Å². The Balaban J connectivity index is 1.29. The van der Waals surface area contributed by atoms with Gasteiger partial charge in [-0.2, -0.15) is 0 Å². The summed E-state index contributed by atoms with van der Waals surface area (Å²) >= 11 is 0. The molecule has 4 nitrogen and oxygen atoms in total. The van der Waals surface area contributed by atoms with Crippen LogP contribution in [0.25, 0.3) is 0 Å². The van der Waals surface area contributed by atoms with Crippen LogP contribution in [-0.4, -0.2) is 37.6 Å². The number of likely N-dealkylation sites (N-methyl/N-ethyl adjacent to an activating group) is 1. The number of benzene rings is 1. The van der Waals surface area contributed by atoms with Gasteiger partial charge in [0.05, 0.1) is 13.7 Å². The fraction of sp³-hybridized carbons (Fsp3) is 0.696. The molecule has 0 radical (unpaired) electrons. The lowest BCUT2D eigenvalue weighted by Gasteiger charge is -2.59. The van der Waals surface area contributed by atoms with Crippen molar-refractivity contribution in [3.05, 3.63) is 29.8 Å². The fourth-order valence-electron chi connectivity index (χ4n) is 6.49. The second-order valence-corrected chi connectivity index (χ2v) is 9.59. The molecule has 1 atom stereocenters. The second-order valence-electron chi connectivity index (χ2n) is 9.59. The van der Waals surface area contributed by atoms with E-state index in [1.807, 2.05) is 19.2 Å². The molecular weight excluding hydrogens is 336 g/mol. The molecule has 1 amide bonds. The molecule has 4 aliphatic carbocycles. The van der Waals surface area contributed by atoms with Crippen LogP contribution in [0.15, 0.2) is 24.3 Å². The monoisotopic (exact) mass is 370 g/mol. The zero-order valence-corrected chi connectivity index (χ0v) is 17.0. The molecule has 0 aliphatic heterocycles. The number of hydrogen-bond acceptors (Lipinski definition) is 3. The van der Waals surface area contributed by atoms with Crippen LogP contribution in [0.1, 0.15) is 51.0 Å². The summed E-state index contributed by atoms with van der Waals surface area (Å²) in [4.78, 5) is 14.8. The van der Waals surface area contributed by atoms with Crippen LogP contribution in [0.4, 0.5) is 0 Å². The fourth-order valence-corrected chi connectivity index (χ4v) is 6.49. The number of methoxy groups -OCH3 is 1. The smallest absolute Gasteiger partial charge is 0.234 e. The van der Waals surface area contributed by atoms with E-state index in [4.69, 9.17) is 4.74 Å². The van der Waals surface area contributed by atoms with Crippen molar-refractivity contribution in [1.29, 1.82) is 0 Å². The van der Waals surface area contributed by atoms with Crippen molar-refractivity contribution >= 4 is 5.91 Å². The van der Waals surface area contributed by atoms with Gasteiger partial charge >= 0.3 is 0 Å². The van der Waals surface area contributed by atoms with Gasteiger partial charge in [0.1, 0.15) is 5.75 Å². The Morgan fingerprint density at radius 2 is 1.70 bits per heavy atom. The van der Waals surface area contributed by atoms with Crippen molar-refractivity contribution in [1.82, 2.24) is 10.2 Å². The summed E-state index contributed by atoms with van der Waals surface area (Å²) in [7, 11) is 3.69. The number of nitrogens with zero attached hydrogens (tertiary/aromatic N) is 1. The summed E-state index contributed by atoms with van der Waals surface area (Å²) in [6.45, 7) is 3.47. The van der Waals surface area contributed by atoms with Crippen LogP contribution in [0.2, 0.25) is 0 Å². The highest BCUT2D eigenvalue weighted by atomic mass is 16.5. The standard InChI is InChI=1S/C23H34N2O2/c1-16(23-11-18-8-19(12-23)10-20(9-18)13-23)24-22(26)15-25(2)14-17-4-6-21(27-3)7-5-17/h4-7,16,18-20H,8-15H2,1-3H3,(H,24,26)/t16-,18?,19?,20?,23?/m1/s1. The average Bonchev–Trinajstić information content (AvgIpc) is 2.61. The topological polar surface area (TPSA) is 41.6 Å². The summed E-state index contributed by atoms with van der Waals surface area (Å²) < 4.78 is 5.21. The molecule has 4 aliphatic rings. The molecule has 0 spiro atoms. The van der Waals surface area contributed by atoms with Gasteiger partial charge in [-0.25, -0.2) is 0 Å². The van der Waals surface area contributed by atoms with Crippen LogP contribution in [0.3, 0.4) is 0 Å². The van der Waals surface area contributed by atoms with E-state index < -0.39 is 0 Å². The maximum atomic E-state index is 12.7. The molecule has 0 heterocycles. The number of hydrogen-bond donors (Lipinski definition) is 1. The molecule has 1 aromatic rings. The van der Waals surface area contributed by atoms with Gasteiger partial charge in [0.2, 0.25) is 5.91 Å². The van der Waals surface area contributed by atoms with E-state index in [0.717, 1.165) is 30.0 Å². The zero-order chi connectivity index (χ0) is 19.0. The molecular formula is C23H34N2O2. The Bertz CT molecular complexity index is 634. The summed E-state index contributed by atoms with van der Waals surface area (Å²) in [5, 5.41) is 3.37. The Kier molecular flexibility index (Phi) is 5.19. The number of amides is 1. The minimum atomic E-state index is 0.161. The van der Waals surface area contributed by atoms with Gasteiger partial charge in [0.25, 0.3) is 0 Å². The molecule has 5 rings (SSSR count). The molecule has 4 saturated carbocycles. The van der Waals surface area contributed by atoms with E-state index in [-0.39, 0.29) is 5.91 Å². The lowest BCUT2D eigenvalue weighted by atomic mass is 9.48. The number of carbonyl (C=O) groups excluding carboxylic acids is 1. The number of rotatable bonds is 7. The molecule has 0 unspecified atom stereocenters. The first kappa shape index (κ1) is 18.8. The first-order chi connectivity index (χ1) is 13.0. The maximum Gasteiger partial charge on any atom is 0.234 e. The molecule has 1 N–H and O–H groups in total. The van der Waals surface area contributed by atoms with Crippen LogP contribution in [-0.2, 0) is 11.3 Å². The molecule has 0 saturated heterocycles. The molecule has 4 fully saturated rings. The van der Waals surface area contributed by atoms with E-state index in [9.17, 15) is 4.79 Å². The van der Waals surface area contributed by atoms with Gasteiger partial charge < -0.3 is 10.1 Å². The highest BCUT2D eigenvalue weighted by molar-refractivity contribution is 5.78. The first-order valence-corrected chi connectivity index (χ1v) is 10.6. The van der Waals surface area contributed by atoms with Crippen LogP contribution >= 0.6 is 0 Å². The van der Waals surface area contributed by atoms with E-state index in [1.165, 1.54) is 44.1 Å². The number of nitrogens with one attached hydrogen (secondary N) is 1. The van der Waals surface area contributed by atoms with Crippen molar-refractivity contribution < 1.29 is 9.53 Å². The first-order valence-electron chi connectivity index (χ1n) is 10.6. The Morgan fingerprint density at radius 3 is 2.22 bits per heavy atom. The van der Waals surface area contributed by atoms with E-state index in [2.05, 4.69) is 29.3 Å². The van der Waals surface area contributed by atoms with Crippen molar-refractivity contribution in [3.8, 4) is 5.75 Å². The third-order valence-corrected chi connectivity index (χ3v) is 7.41. The predicted molar refractivity (Wildman–Crippen MR) is 108 cm³/mol. The summed E-state index contributed by atoms with van der Waals surface area (Å²) in [6.07, 6.45) is 8.35. The predicted octanol–water partition coefficient (Wildman–Crippen LogP) is 3.85. The lowest BCUT2D eigenvalue weighted by Crippen LogP contribution is -2.56.